The summed E-state index contributed by atoms with van der Waals surface area (Å²) in [5.74, 6) is -5.09. The highest BCUT2D eigenvalue weighted by Crippen LogP contribution is 2.06. The standard InChI is InChI=1S/C17H30N4O8S/c1-8(2)5-10(17(28)29)19-16(27)12(7-30)21-15(26)11(6-22)20-14(25)9(18)3-4-13(23)24/h8-12,22,30H,3-7,18H2,1-2H3,(H,19,27)(H,20,25)(H,21,26)(H,23,24)(H,28,29). The van der Waals surface area contributed by atoms with Crippen molar-refractivity contribution in [1.29, 1.82) is 0 Å². The van der Waals surface area contributed by atoms with Gasteiger partial charge in [-0.15, -0.1) is 0 Å². The van der Waals surface area contributed by atoms with Gasteiger partial charge in [0.25, 0.3) is 0 Å². The van der Waals surface area contributed by atoms with Gasteiger partial charge in [-0.1, -0.05) is 13.8 Å². The van der Waals surface area contributed by atoms with E-state index in [0.29, 0.717) is 0 Å². The summed E-state index contributed by atoms with van der Waals surface area (Å²) < 4.78 is 0. The van der Waals surface area contributed by atoms with Crippen LogP contribution in [0.4, 0.5) is 0 Å². The van der Waals surface area contributed by atoms with E-state index < -0.39 is 60.4 Å². The summed E-state index contributed by atoms with van der Waals surface area (Å²) in [6.45, 7) is 2.76. The molecule has 4 atom stereocenters. The lowest BCUT2D eigenvalue weighted by atomic mass is 10.0. The van der Waals surface area contributed by atoms with Gasteiger partial charge in [-0.25, -0.2) is 4.79 Å². The zero-order valence-electron chi connectivity index (χ0n) is 16.8. The van der Waals surface area contributed by atoms with Crippen molar-refractivity contribution in [2.45, 2.75) is 57.3 Å². The second-order valence-corrected chi connectivity index (χ2v) is 7.42. The van der Waals surface area contributed by atoms with Gasteiger partial charge in [0.15, 0.2) is 0 Å². The fourth-order valence-electron chi connectivity index (χ4n) is 2.31. The second kappa shape index (κ2) is 13.8. The summed E-state index contributed by atoms with van der Waals surface area (Å²) >= 11 is 3.97. The van der Waals surface area contributed by atoms with Gasteiger partial charge in [0, 0.05) is 12.2 Å². The molecule has 0 aliphatic heterocycles. The number of nitrogens with two attached hydrogens (primary N) is 1. The van der Waals surface area contributed by atoms with Crippen molar-refractivity contribution in [3.63, 3.8) is 0 Å². The van der Waals surface area contributed by atoms with Crippen LogP contribution in [0.25, 0.3) is 0 Å². The first-order valence-electron chi connectivity index (χ1n) is 9.25. The molecule has 0 spiro atoms. The Balaban J connectivity index is 4.96. The number of carbonyl (C=O) groups excluding carboxylic acids is 3. The van der Waals surface area contributed by atoms with E-state index in [-0.39, 0.29) is 30.9 Å². The minimum absolute atomic E-state index is 0.00485. The average Bonchev–Trinajstić information content (AvgIpc) is 2.66. The predicted molar refractivity (Wildman–Crippen MR) is 109 cm³/mol. The lowest BCUT2D eigenvalue weighted by Crippen LogP contribution is -2.58. The van der Waals surface area contributed by atoms with Crippen LogP contribution < -0.4 is 21.7 Å². The highest BCUT2D eigenvalue weighted by molar-refractivity contribution is 7.80. The van der Waals surface area contributed by atoms with Crippen LogP contribution in [0, 0.1) is 5.92 Å². The Kier molecular flexibility index (Phi) is 12.7. The summed E-state index contributed by atoms with van der Waals surface area (Å²) in [5, 5.41) is 34.0. The quantitative estimate of drug-likeness (QED) is 0.133. The number of aliphatic hydroxyl groups excluding tert-OH is 1. The van der Waals surface area contributed by atoms with Gasteiger partial charge < -0.3 is 37.0 Å². The minimum atomic E-state index is -1.45. The smallest absolute Gasteiger partial charge is 0.326 e. The maximum Gasteiger partial charge on any atom is 0.326 e. The Morgan fingerprint density at radius 3 is 1.83 bits per heavy atom. The maximum absolute atomic E-state index is 12.3. The van der Waals surface area contributed by atoms with Crippen molar-refractivity contribution < 1.29 is 39.3 Å². The molecule has 0 saturated carbocycles. The molecule has 0 aliphatic rings. The van der Waals surface area contributed by atoms with Crippen molar-refractivity contribution in [2.75, 3.05) is 12.4 Å². The zero-order chi connectivity index (χ0) is 23.4. The Labute approximate surface area is 179 Å². The summed E-state index contributed by atoms with van der Waals surface area (Å²) in [4.78, 5) is 58.4. The van der Waals surface area contributed by atoms with Gasteiger partial charge in [-0.05, 0) is 18.8 Å². The van der Waals surface area contributed by atoms with E-state index in [1.165, 1.54) is 0 Å². The fraction of sp³-hybridized carbons (Fsp3) is 0.706. The summed E-state index contributed by atoms with van der Waals surface area (Å²) in [7, 11) is 0. The van der Waals surface area contributed by atoms with Gasteiger partial charge in [0.2, 0.25) is 17.7 Å². The number of amides is 3. The van der Waals surface area contributed by atoms with Crippen LogP contribution in [0.15, 0.2) is 0 Å². The Bertz CT molecular complexity index is 631. The zero-order valence-corrected chi connectivity index (χ0v) is 17.7. The van der Waals surface area contributed by atoms with Crippen LogP contribution in [0.3, 0.4) is 0 Å². The van der Waals surface area contributed by atoms with Gasteiger partial charge in [0.05, 0.1) is 12.6 Å². The molecule has 0 aromatic rings. The Morgan fingerprint density at radius 1 is 0.900 bits per heavy atom. The van der Waals surface area contributed by atoms with E-state index in [2.05, 4.69) is 28.6 Å². The molecule has 0 fully saturated rings. The van der Waals surface area contributed by atoms with Crippen molar-refractivity contribution >= 4 is 42.3 Å². The molecule has 0 radical (unpaired) electrons. The first-order valence-corrected chi connectivity index (χ1v) is 9.89. The Hall–Kier alpha value is -2.38. The maximum atomic E-state index is 12.3. The molecule has 172 valence electrons. The third-order valence-corrected chi connectivity index (χ3v) is 4.32. The number of carbonyl (C=O) groups is 5. The lowest BCUT2D eigenvalue weighted by Gasteiger charge is -2.24. The molecule has 0 rings (SSSR count). The lowest BCUT2D eigenvalue weighted by molar-refractivity contribution is -0.142. The highest BCUT2D eigenvalue weighted by atomic mass is 32.1. The van der Waals surface area contributed by atoms with Crippen LogP contribution in [-0.4, -0.2) is 81.5 Å². The third-order valence-electron chi connectivity index (χ3n) is 3.96. The monoisotopic (exact) mass is 450 g/mol. The van der Waals surface area contributed by atoms with E-state index in [1.807, 2.05) is 0 Å². The number of hydrogen-bond donors (Lipinski definition) is 8. The highest BCUT2D eigenvalue weighted by Gasteiger charge is 2.29. The van der Waals surface area contributed by atoms with Crippen LogP contribution >= 0.6 is 12.6 Å². The van der Waals surface area contributed by atoms with Crippen LogP contribution in [-0.2, 0) is 24.0 Å². The minimum Gasteiger partial charge on any atom is -0.481 e. The number of carboxylic acid groups (broad SMARTS) is 2. The van der Waals surface area contributed by atoms with Crippen LogP contribution in [0.2, 0.25) is 0 Å². The van der Waals surface area contributed by atoms with Crippen LogP contribution in [0.1, 0.15) is 33.1 Å². The number of thiol groups is 1. The SMILES string of the molecule is CC(C)CC(NC(=O)C(CS)NC(=O)C(CO)NC(=O)C(N)CCC(=O)O)C(=O)O. The number of aliphatic hydroxyl groups is 1. The molecule has 0 aliphatic carbocycles. The largest absolute Gasteiger partial charge is 0.481 e. The molecule has 3 amide bonds. The van der Waals surface area contributed by atoms with E-state index >= 15 is 0 Å². The molecular formula is C17H30N4O8S. The molecule has 12 nitrogen and oxygen atoms in total. The summed E-state index contributed by atoms with van der Waals surface area (Å²) in [6, 6.07) is -5.03. The number of carboxylic acids is 2. The van der Waals surface area contributed by atoms with Crippen molar-refractivity contribution in [1.82, 2.24) is 16.0 Å². The normalized spacial score (nSPS) is 14.9. The molecule has 4 unspecified atom stereocenters. The molecule has 0 saturated heterocycles. The number of nitrogens with one attached hydrogen (secondary N) is 3. The molecule has 0 aromatic carbocycles. The number of hydrogen-bond acceptors (Lipinski definition) is 8. The second-order valence-electron chi connectivity index (χ2n) is 7.06. The Morgan fingerprint density at radius 2 is 1.40 bits per heavy atom. The summed E-state index contributed by atoms with van der Waals surface area (Å²) in [6.07, 6.45) is -0.347. The average molecular weight is 451 g/mol. The van der Waals surface area contributed by atoms with Gasteiger partial charge in [-0.2, -0.15) is 12.6 Å². The van der Waals surface area contributed by atoms with E-state index in [0.717, 1.165) is 0 Å². The summed E-state index contributed by atoms with van der Waals surface area (Å²) in [5.41, 5.74) is 5.55. The van der Waals surface area contributed by atoms with Crippen molar-refractivity contribution in [3.8, 4) is 0 Å². The molecule has 0 heterocycles. The van der Waals surface area contributed by atoms with Crippen LogP contribution in [0.5, 0.6) is 0 Å². The fourth-order valence-corrected chi connectivity index (χ4v) is 2.57. The molecule has 8 N–H and O–H groups in total. The third kappa shape index (κ3) is 10.4. The number of aliphatic carboxylic acids is 2. The number of rotatable bonds is 14. The molecule has 13 heteroatoms. The molecular weight excluding hydrogens is 420 g/mol. The van der Waals surface area contributed by atoms with E-state index in [4.69, 9.17) is 10.8 Å². The van der Waals surface area contributed by atoms with E-state index in [1.54, 1.807) is 13.8 Å². The van der Waals surface area contributed by atoms with Crippen molar-refractivity contribution in [3.05, 3.63) is 0 Å². The topological polar surface area (TPSA) is 208 Å². The molecule has 30 heavy (non-hydrogen) atoms. The molecule has 0 aromatic heterocycles. The van der Waals surface area contributed by atoms with Gasteiger partial charge in [-0.3, -0.25) is 19.2 Å². The van der Waals surface area contributed by atoms with Gasteiger partial charge in [0.1, 0.15) is 18.1 Å². The van der Waals surface area contributed by atoms with Gasteiger partial charge >= 0.3 is 11.9 Å². The first-order chi connectivity index (χ1) is 13.9. The van der Waals surface area contributed by atoms with E-state index in [9.17, 15) is 34.2 Å². The first kappa shape index (κ1) is 27.6. The van der Waals surface area contributed by atoms with Crippen molar-refractivity contribution in [2.24, 2.45) is 11.7 Å². The molecule has 0 bridgehead atoms. The predicted octanol–water partition coefficient (Wildman–Crippen LogP) is -2.31.